The van der Waals surface area contributed by atoms with Crippen LogP contribution in [0.4, 0.5) is 0 Å². The number of hydrogen-bond donors (Lipinski definition) is 0. The predicted octanol–water partition coefficient (Wildman–Crippen LogP) is 0.892. The highest BCUT2D eigenvalue weighted by molar-refractivity contribution is 7.46. The second-order valence-corrected chi connectivity index (χ2v) is 5.71. The summed E-state index contributed by atoms with van der Waals surface area (Å²) in [7, 11) is -2.99. The van der Waals surface area contributed by atoms with Crippen molar-refractivity contribution in [3.8, 4) is 0 Å². The van der Waals surface area contributed by atoms with Gasteiger partial charge in [0.25, 0.3) is 7.82 Å². The van der Waals surface area contributed by atoms with Crippen LogP contribution >= 0.6 is 7.82 Å². The van der Waals surface area contributed by atoms with Gasteiger partial charge in [-0.3, -0.25) is 9.36 Å². The summed E-state index contributed by atoms with van der Waals surface area (Å²) in [4.78, 5) is 23.2. The van der Waals surface area contributed by atoms with Crippen LogP contribution in [0.25, 0.3) is 0 Å². The van der Waals surface area contributed by atoms with Crippen molar-refractivity contribution in [3.05, 3.63) is 0 Å². The molecular formula is C10H18O6P-. The van der Waals surface area contributed by atoms with Gasteiger partial charge in [-0.15, -0.1) is 0 Å². The maximum Gasteiger partial charge on any atom is 0.268 e. The fourth-order valence-corrected chi connectivity index (χ4v) is 2.55. The Morgan fingerprint density at radius 3 is 2.41 bits per heavy atom. The minimum Gasteiger partial charge on any atom is -0.756 e. The minimum absolute atomic E-state index is 0.108. The number of Topliss-reactive ketones (excluding diaryl/α,β-unsaturated/α-hetero) is 1. The van der Waals surface area contributed by atoms with E-state index in [0.717, 1.165) is 0 Å². The Balaban J connectivity index is 2.52. The number of phosphoric ester groups is 1. The highest BCUT2D eigenvalue weighted by Crippen LogP contribution is 2.54. The van der Waals surface area contributed by atoms with Crippen molar-refractivity contribution >= 4 is 13.6 Å². The molecule has 1 saturated carbocycles. The normalized spacial score (nSPS) is 21.2. The summed E-state index contributed by atoms with van der Waals surface area (Å²) in [6.45, 7) is 3.48. The SMILES string of the molecule is COCCOP(=O)([O-])OC1(C(=O)C(C)C)CC1. The first-order valence-corrected chi connectivity index (χ1v) is 6.99. The van der Waals surface area contributed by atoms with Crippen LogP contribution in [0.3, 0.4) is 0 Å². The van der Waals surface area contributed by atoms with Gasteiger partial charge in [-0.05, 0) is 12.8 Å². The standard InChI is InChI=1S/C10H19O6P/c1-8(2)9(11)10(4-5-10)16-17(12,13)15-7-6-14-3/h8H,4-7H2,1-3H3,(H,12,13)/p-1. The van der Waals surface area contributed by atoms with Gasteiger partial charge in [0.2, 0.25) is 0 Å². The third-order valence-electron chi connectivity index (χ3n) is 2.50. The van der Waals surface area contributed by atoms with Crippen LogP contribution in [-0.4, -0.2) is 31.7 Å². The van der Waals surface area contributed by atoms with E-state index in [-0.39, 0.29) is 24.9 Å². The highest BCUT2D eigenvalue weighted by atomic mass is 31.2. The second-order valence-electron chi connectivity index (χ2n) is 4.38. The van der Waals surface area contributed by atoms with E-state index in [1.165, 1.54) is 7.11 Å². The Morgan fingerprint density at radius 2 is 2.00 bits per heavy atom. The van der Waals surface area contributed by atoms with Crippen molar-refractivity contribution in [2.75, 3.05) is 20.3 Å². The van der Waals surface area contributed by atoms with E-state index in [2.05, 4.69) is 9.26 Å². The van der Waals surface area contributed by atoms with Gasteiger partial charge in [0.1, 0.15) is 5.60 Å². The van der Waals surface area contributed by atoms with Gasteiger partial charge in [-0.1, -0.05) is 13.8 Å². The number of ether oxygens (including phenoxy) is 1. The average Bonchev–Trinajstić information content (AvgIpc) is 2.97. The van der Waals surface area contributed by atoms with Crippen LogP contribution in [0.1, 0.15) is 26.7 Å². The maximum atomic E-state index is 11.8. The summed E-state index contributed by atoms with van der Waals surface area (Å²) in [5, 5.41) is 0. The van der Waals surface area contributed by atoms with E-state index < -0.39 is 13.4 Å². The Morgan fingerprint density at radius 1 is 1.41 bits per heavy atom. The number of ketones is 1. The fraction of sp³-hybridized carbons (Fsp3) is 0.900. The average molecular weight is 265 g/mol. The minimum atomic E-state index is -4.43. The molecule has 0 aromatic heterocycles. The van der Waals surface area contributed by atoms with Gasteiger partial charge in [0, 0.05) is 13.0 Å². The first kappa shape index (κ1) is 14.8. The van der Waals surface area contributed by atoms with Crippen LogP contribution in [0, 0.1) is 5.92 Å². The van der Waals surface area contributed by atoms with E-state index in [4.69, 9.17) is 4.52 Å². The summed E-state index contributed by atoms with van der Waals surface area (Å²) in [5.74, 6) is -0.444. The van der Waals surface area contributed by atoms with E-state index in [9.17, 15) is 14.3 Å². The Hall–Kier alpha value is -0.260. The molecule has 0 N–H and O–H groups in total. The predicted molar refractivity (Wildman–Crippen MR) is 58.3 cm³/mol. The molecule has 0 bridgehead atoms. The van der Waals surface area contributed by atoms with E-state index in [1.54, 1.807) is 13.8 Å². The highest BCUT2D eigenvalue weighted by Gasteiger charge is 2.54. The third kappa shape index (κ3) is 4.16. The quantitative estimate of drug-likeness (QED) is 0.478. The molecule has 0 aromatic rings. The van der Waals surface area contributed by atoms with Crippen LogP contribution in [-0.2, 0) is 23.1 Å². The number of carbonyl (C=O) groups excluding carboxylic acids is 1. The smallest absolute Gasteiger partial charge is 0.268 e. The van der Waals surface area contributed by atoms with Crippen LogP contribution in [0.15, 0.2) is 0 Å². The largest absolute Gasteiger partial charge is 0.756 e. The van der Waals surface area contributed by atoms with E-state index in [1.807, 2.05) is 0 Å². The fourth-order valence-electron chi connectivity index (χ4n) is 1.50. The monoisotopic (exact) mass is 265 g/mol. The molecule has 1 rings (SSSR count). The lowest BCUT2D eigenvalue weighted by Crippen LogP contribution is -2.31. The van der Waals surface area contributed by atoms with Crippen LogP contribution in [0.2, 0.25) is 0 Å². The van der Waals surface area contributed by atoms with Crippen molar-refractivity contribution in [3.63, 3.8) is 0 Å². The summed E-state index contributed by atoms with van der Waals surface area (Å²) in [6.07, 6.45) is 0.869. The van der Waals surface area contributed by atoms with E-state index in [0.29, 0.717) is 12.8 Å². The molecule has 0 aromatic carbocycles. The summed E-state index contributed by atoms with van der Waals surface area (Å²) in [5.41, 5.74) is -1.17. The van der Waals surface area contributed by atoms with Crippen molar-refractivity contribution in [2.24, 2.45) is 5.92 Å². The molecule has 0 aliphatic heterocycles. The molecule has 0 amide bonds. The number of phosphoric acid groups is 1. The van der Waals surface area contributed by atoms with Gasteiger partial charge in [0.05, 0.1) is 13.2 Å². The molecule has 17 heavy (non-hydrogen) atoms. The molecule has 6 nitrogen and oxygen atoms in total. The molecule has 1 fully saturated rings. The summed E-state index contributed by atoms with van der Waals surface area (Å²) in [6, 6.07) is 0. The molecule has 0 spiro atoms. The lowest BCUT2D eigenvalue weighted by atomic mass is 10.0. The van der Waals surface area contributed by atoms with E-state index >= 15 is 0 Å². The van der Waals surface area contributed by atoms with Crippen LogP contribution < -0.4 is 4.89 Å². The Bertz CT molecular complexity index is 323. The lowest BCUT2D eigenvalue weighted by Gasteiger charge is -2.28. The first-order chi connectivity index (χ1) is 7.83. The number of hydrogen-bond acceptors (Lipinski definition) is 6. The Kier molecular flexibility index (Phi) is 4.86. The summed E-state index contributed by atoms with van der Waals surface area (Å²) >= 11 is 0. The molecule has 1 aliphatic carbocycles. The van der Waals surface area contributed by atoms with Crippen LogP contribution in [0.5, 0.6) is 0 Å². The third-order valence-corrected chi connectivity index (χ3v) is 3.57. The molecule has 0 radical (unpaired) electrons. The zero-order valence-electron chi connectivity index (χ0n) is 10.3. The van der Waals surface area contributed by atoms with Crippen molar-refractivity contribution in [1.29, 1.82) is 0 Å². The van der Waals surface area contributed by atoms with Crippen molar-refractivity contribution < 1.29 is 28.0 Å². The lowest BCUT2D eigenvalue weighted by molar-refractivity contribution is -0.231. The molecule has 0 heterocycles. The van der Waals surface area contributed by atoms with Crippen molar-refractivity contribution in [2.45, 2.75) is 32.3 Å². The molecular weight excluding hydrogens is 247 g/mol. The number of carbonyl (C=O) groups is 1. The number of rotatable bonds is 8. The summed E-state index contributed by atoms with van der Waals surface area (Å²) < 4.78 is 25.6. The van der Waals surface area contributed by atoms with Gasteiger partial charge in [-0.25, -0.2) is 0 Å². The van der Waals surface area contributed by atoms with Gasteiger partial charge in [-0.2, -0.15) is 0 Å². The molecule has 1 aliphatic rings. The first-order valence-electron chi connectivity index (χ1n) is 5.52. The number of methoxy groups -OCH3 is 1. The second kappa shape index (κ2) is 5.59. The molecule has 1 atom stereocenters. The molecule has 7 heteroatoms. The van der Waals surface area contributed by atoms with Gasteiger partial charge in [0.15, 0.2) is 5.78 Å². The topological polar surface area (TPSA) is 84.9 Å². The zero-order chi connectivity index (χ0) is 13.1. The van der Waals surface area contributed by atoms with Gasteiger partial charge < -0.3 is 18.7 Å². The molecule has 100 valence electrons. The van der Waals surface area contributed by atoms with Gasteiger partial charge >= 0.3 is 0 Å². The zero-order valence-corrected chi connectivity index (χ0v) is 11.2. The molecule has 0 saturated heterocycles. The molecule has 1 unspecified atom stereocenters. The maximum absolute atomic E-state index is 11.8. The van der Waals surface area contributed by atoms with Crippen molar-refractivity contribution in [1.82, 2.24) is 0 Å². The Labute approximate surface area is 101 Å².